The van der Waals surface area contributed by atoms with E-state index in [9.17, 15) is 4.79 Å². The quantitative estimate of drug-likeness (QED) is 0.706. The van der Waals surface area contributed by atoms with Crippen molar-refractivity contribution in [3.05, 3.63) is 36.6 Å². The van der Waals surface area contributed by atoms with E-state index in [2.05, 4.69) is 18.5 Å². The molecular weight excluding hydrogens is 186 g/mol. The molecule has 0 radical (unpaired) electrons. The Morgan fingerprint density at radius 2 is 1.40 bits per heavy atom. The van der Waals surface area contributed by atoms with Gasteiger partial charge in [0.05, 0.1) is 0 Å². The first-order valence-corrected chi connectivity index (χ1v) is 5.32. The molecule has 0 atom stereocenters. The predicted octanol–water partition coefficient (Wildman–Crippen LogP) is 3.82. The molecule has 0 rings (SSSR count). The molecule has 0 saturated carbocycles. The van der Waals surface area contributed by atoms with Crippen LogP contribution in [0.5, 0.6) is 0 Å². The van der Waals surface area contributed by atoms with Crippen molar-refractivity contribution in [2.45, 2.75) is 41.5 Å². The number of hydrogen-bond acceptors (Lipinski definition) is 1. The maximum absolute atomic E-state index is 10.5. The molecule has 0 bridgehead atoms. The lowest BCUT2D eigenvalue weighted by Gasteiger charge is -1.98. The van der Waals surface area contributed by atoms with Gasteiger partial charge in [-0.15, -0.1) is 0 Å². The van der Waals surface area contributed by atoms with Gasteiger partial charge < -0.3 is 5.32 Å². The van der Waals surface area contributed by atoms with Crippen molar-refractivity contribution in [3.8, 4) is 0 Å². The summed E-state index contributed by atoms with van der Waals surface area (Å²) in [6, 6.07) is 0. The van der Waals surface area contributed by atoms with Gasteiger partial charge in [0.1, 0.15) is 0 Å². The number of nitrogens with one attached hydrogen (secondary N) is 1. The van der Waals surface area contributed by atoms with Gasteiger partial charge in [-0.3, -0.25) is 4.79 Å². The molecule has 0 unspecified atom stereocenters. The highest BCUT2D eigenvalue weighted by Crippen LogP contribution is 1.93. The van der Waals surface area contributed by atoms with Crippen molar-refractivity contribution in [1.82, 2.24) is 5.32 Å². The zero-order valence-corrected chi connectivity index (χ0v) is 11.0. The molecule has 0 saturated heterocycles. The molecule has 88 valence electrons. The molecule has 2 nitrogen and oxygen atoms in total. The Morgan fingerprint density at radius 1 is 1.00 bits per heavy atom. The van der Waals surface area contributed by atoms with Crippen molar-refractivity contribution in [1.29, 1.82) is 0 Å². The second-order valence-corrected chi connectivity index (χ2v) is 2.39. The van der Waals surface area contributed by atoms with E-state index in [0.29, 0.717) is 5.70 Å². The second-order valence-electron chi connectivity index (χ2n) is 2.39. The molecule has 0 aliphatic heterocycles. The largest absolute Gasteiger partial charge is 0.327 e. The first-order valence-electron chi connectivity index (χ1n) is 5.32. The SMILES string of the molecule is C=C(C)/C=C\C(=C)NC(C)=O.CC.CC. The third-order valence-electron chi connectivity index (χ3n) is 0.906. The smallest absolute Gasteiger partial charge is 0.221 e. The van der Waals surface area contributed by atoms with E-state index in [0.717, 1.165) is 5.57 Å². The van der Waals surface area contributed by atoms with Crippen LogP contribution in [-0.2, 0) is 4.79 Å². The van der Waals surface area contributed by atoms with Gasteiger partial charge in [0, 0.05) is 12.6 Å². The highest BCUT2D eigenvalue weighted by atomic mass is 16.1. The fourth-order valence-electron chi connectivity index (χ4n) is 0.511. The summed E-state index contributed by atoms with van der Waals surface area (Å²) >= 11 is 0. The summed E-state index contributed by atoms with van der Waals surface area (Å²) in [5.74, 6) is -0.110. The topological polar surface area (TPSA) is 29.1 Å². The van der Waals surface area contributed by atoms with Gasteiger partial charge in [0.2, 0.25) is 5.91 Å². The summed E-state index contributed by atoms with van der Waals surface area (Å²) in [5.41, 5.74) is 1.51. The average molecular weight is 211 g/mol. The Hall–Kier alpha value is -1.31. The summed E-state index contributed by atoms with van der Waals surface area (Å²) in [5, 5.41) is 2.54. The fraction of sp³-hybridized carbons (Fsp3) is 0.462. The van der Waals surface area contributed by atoms with Crippen molar-refractivity contribution in [2.24, 2.45) is 0 Å². The predicted molar refractivity (Wildman–Crippen MR) is 69.6 cm³/mol. The van der Waals surface area contributed by atoms with Crippen LogP contribution in [0.3, 0.4) is 0 Å². The van der Waals surface area contributed by atoms with E-state index in [1.54, 1.807) is 12.2 Å². The Balaban J connectivity index is -0.000000318. The van der Waals surface area contributed by atoms with Gasteiger partial charge in [-0.1, -0.05) is 52.5 Å². The Labute approximate surface area is 94.8 Å². The van der Waals surface area contributed by atoms with Crippen LogP contribution < -0.4 is 5.32 Å². The number of allylic oxidation sites excluding steroid dienone is 3. The summed E-state index contributed by atoms with van der Waals surface area (Å²) < 4.78 is 0. The number of amides is 1. The molecule has 0 fully saturated rings. The molecule has 0 heterocycles. The fourth-order valence-corrected chi connectivity index (χ4v) is 0.511. The summed E-state index contributed by atoms with van der Waals surface area (Å²) in [6.07, 6.45) is 3.50. The molecular formula is C13H25NO. The summed E-state index contributed by atoms with van der Waals surface area (Å²) in [6.45, 7) is 18.6. The number of carbonyl (C=O) groups is 1. The van der Waals surface area contributed by atoms with Gasteiger partial charge in [0.25, 0.3) is 0 Å². The van der Waals surface area contributed by atoms with Gasteiger partial charge >= 0.3 is 0 Å². The highest BCUT2D eigenvalue weighted by molar-refractivity contribution is 5.75. The number of rotatable bonds is 3. The van der Waals surface area contributed by atoms with Crippen molar-refractivity contribution >= 4 is 5.91 Å². The van der Waals surface area contributed by atoms with E-state index < -0.39 is 0 Å². The number of carbonyl (C=O) groups excluding carboxylic acids is 1. The highest BCUT2D eigenvalue weighted by Gasteiger charge is 1.89. The van der Waals surface area contributed by atoms with Crippen LogP contribution in [0.25, 0.3) is 0 Å². The average Bonchev–Trinajstić information content (AvgIpc) is 2.20. The summed E-state index contributed by atoms with van der Waals surface area (Å²) in [4.78, 5) is 10.5. The minimum atomic E-state index is -0.110. The zero-order chi connectivity index (χ0) is 12.9. The van der Waals surface area contributed by atoms with Crippen LogP contribution >= 0.6 is 0 Å². The third-order valence-corrected chi connectivity index (χ3v) is 0.906. The molecule has 2 heteroatoms. The van der Waals surface area contributed by atoms with Gasteiger partial charge in [-0.05, 0) is 13.0 Å². The minimum Gasteiger partial charge on any atom is -0.327 e. The molecule has 1 N–H and O–H groups in total. The Bertz CT molecular complexity index is 215. The molecule has 0 aliphatic carbocycles. The van der Waals surface area contributed by atoms with Crippen LogP contribution in [0.15, 0.2) is 36.6 Å². The molecule has 0 spiro atoms. The molecule has 0 aromatic heterocycles. The maximum atomic E-state index is 10.5. The lowest BCUT2D eigenvalue weighted by molar-refractivity contribution is -0.118. The van der Waals surface area contributed by atoms with Crippen LogP contribution in [0.2, 0.25) is 0 Å². The van der Waals surface area contributed by atoms with Crippen LogP contribution in [0, 0.1) is 0 Å². The summed E-state index contributed by atoms with van der Waals surface area (Å²) in [7, 11) is 0. The van der Waals surface area contributed by atoms with Crippen molar-refractivity contribution in [2.75, 3.05) is 0 Å². The molecule has 0 aliphatic rings. The van der Waals surface area contributed by atoms with Gasteiger partial charge in [-0.2, -0.15) is 0 Å². The first-order chi connectivity index (χ1) is 7.02. The third kappa shape index (κ3) is 24.5. The molecule has 1 amide bonds. The van der Waals surface area contributed by atoms with E-state index in [1.165, 1.54) is 6.92 Å². The van der Waals surface area contributed by atoms with Gasteiger partial charge in [0.15, 0.2) is 0 Å². The van der Waals surface area contributed by atoms with E-state index in [4.69, 9.17) is 0 Å². The van der Waals surface area contributed by atoms with Gasteiger partial charge in [-0.25, -0.2) is 0 Å². The first kappa shape index (κ1) is 19.3. The molecule has 0 aromatic carbocycles. The molecule has 0 aromatic rings. The monoisotopic (exact) mass is 211 g/mol. The Kier molecular flexibility index (Phi) is 19.5. The normalized spacial score (nSPS) is 7.87. The van der Waals surface area contributed by atoms with Crippen LogP contribution in [-0.4, -0.2) is 5.91 Å². The zero-order valence-electron chi connectivity index (χ0n) is 11.0. The van der Waals surface area contributed by atoms with E-state index in [-0.39, 0.29) is 5.91 Å². The second kappa shape index (κ2) is 15.2. The maximum Gasteiger partial charge on any atom is 0.221 e. The standard InChI is InChI=1S/C9H13NO.2C2H6/c1-7(2)5-6-8(3)10-9(4)11;2*1-2/h5-6H,1,3H2,2,4H3,(H,10,11);2*1-2H3/b6-5-;;. The van der Waals surface area contributed by atoms with Crippen molar-refractivity contribution < 1.29 is 4.79 Å². The Morgan fingerprint density at radius 3 is 1.67 bits per heavy atom. The van der Waals surface area contributed by atoms with E-state index in [1.807, 2.05) is 34.6 Å². The van der Waals surface area contributed by atoms with Crippen LogP contribution in [0.1, 0.15) is 41.5 Å². The van der Waals surface area contributed by atoms with Crippen molar-refractivity contribution in [3.63, 3.8) is 0 Å². The number of hydrogen-bond donors (Lipinski definition) is 1. The van der Waals surface area contributed by atoms with E-state index >= 15 is 0 Å². The lowest BCUT2D eigenvalue weighted by atomic mass is 10.3. The molecule has 15 heavy (non-hydrogen) atoms. The lowest BCUT2D eigenvalue weighted by Crippen LogP contribution is -2.16. The van der Waals surface area contributed by atoms with Crippen LogP contribution in [0.4, 0.5) is 0 Å². The minimum absolute atomic E-state index is 0.110.